The van der Waals surface area contributed by atoms with Crippen LogP contribution in [0.1, 0.15) is 43.9 Å². The van der Waals surface area contributed by atoms with Crippen LogP contribution in [0.5, 0.6) is 0 Å². The molecule has 1 aromatic carbocycles. The lowest BCUT2D eigenvalue weighted by atomic mass is 9.85. The van der Waals surface area contributed by atoms with Crippen molar-refractivity contribution < 1.29 is 9.53 Å². The molecule has 0 heterocycles. The summed E-state index contributed by atoms with van der Waals surface area (Å²) in [6.07, 6.45) is 0.385. The summed E-state index contributed by atoms with van der Waals surface area (Å²) in [4.78, 5) is 11.1. The minimum Gasteiger partial charge on any atom is -0.469 e. The Kier molecular flexibility index (Phi) is 4.98. The molecule has 19 heavy (non-hydrogen) atoms. The molecule has 0 unspecified atom stereocenters. The van der Waals surface area contributed by atoms with Crippen LogP contribution in [0.3, 0.4) is 0 Å². The fourth-order valence-electron chi connectivity index (χ4n) is 2.07. The summed E-state index contributed by atoms with van der Waals surface area (Å²) in [6, 6.07) is 4.43. The zero-order valence-electron chi connectivity index (χ0n) is 12.9. The van der Waals surface area contributed by atoms with E-state index in [0.717, 1.165) is 5.69 Å². The summed E-state index contributed by atoms with van der Waals surface area (Å²) < 4.78 is 4.63. The van der Waals surface area contributed by atoms with Crippen LogP contribution < -0.4 is 5.32 Å². The quantitative estimate of drug-likeness (QED) is 0.844. The molecule has 0 spiro atoms. The summed E-state index contributed by atoms with van der Waals surface area (Å²) in [7, 11) is 1.41. The summed E-state index contributed by atoms with van der Waals surface area (Å²) in [5.41, 5.74) is 5.04. The van der Waals surface area contributed by atoms with E-state index in [-0.39, 0.29) is 11.4 Å². The molecule has 0 fully saturated rings. The highest BCUT2D eigenvalue weighted by molar-refractivity contribution is 5.70. The molecule has 0 aliphatic rings. The number of carbonyl (C=O) groups excluding carboxylic acids is 1. The van der Waals surface area contributed by atoms with Crippen molar-refractivity contribution in [2.75, 3.05) is 19.0 Å². The molecular formula is C16H25NO2. The van der Waals surface area contributed by atoms with Crippen LogP contribution in [0.2, 0.25) is 0 Å². The highest BCUT2D eigenvalue weighted by Gasteiger charge is 2.16. The van der Waals surface area contributed by atoms with Gasteiger partial charge < -0.3 is 10.1 Å². The first-order valence-electron chi connectivity index (χ1n) is 6.68. The number of rotatable bonds is 4. The van der Waals surface area contributed by atoms with E-state index < -0.39 is 0 Å². The fraction of sp³-hybridized carbons (Fsp3) is 0.562. The summed E-state index contributed by atoms with van der Waals surface area (Å²) in [5.74, 6) is -0.186. The highest BCUT2D eigenvalue weighted by atomic mass is 16.5. The predicted molar refractivity (Wildman–Crippen MR) is 79.7 cm³/mol. The molecule has 0 atom stereocenters. The van der Waals surface area contributed by atoms with Gasteiger partial charge in [-0.25, -0.2) is 0 Å². The first kappa shape index (κ1) is 15.5. The summed E-state index contributed by atoms with van der Waals surface area (Å²) in [5, 5.41) is 3.32. The van der Waals surface area contributed by atoms with Gasteiger partial charge in [-0.1, -0.05) is 32.9 Å². The third-order valence-corrected chi connectivity index (χ3v) is 3.26. The highest BCUT2D eigenvalue weighted by Crippen LogP contribution is 2.29. The molecular weight excluding hydrogens is 238 g/mol. The number of methoxy groups -OCH3 is 1. The molecule has 0 saturated heterocycles. The minimum atomic E-state index is -0.186. The minimum absolute atomic E-state index is 0.153. The van der Waals surface area contributed by atoms with Crippen LogP contribution in [0.4, 0.5) is 5.69 Å². The van der Waals surface area contributed by atoms with Crippen LogP contribution in [-0.4, -0.2) is 19.6 Å². The number of anilines is 1. The monoisotopic (exact) mass is 263 g/mol. The second-order valence-electron chi connectivity index (χ2n) is 5.99. The number of benzene rings is 1. The fourth-order valence-corrected chi connectivity index (χ4v) is 2.07. The SMILES string of the molecule is COC(=O)CCNc1c(C)cc(C(C)(C)C)cc1C. The maximum Gasteiger partial charge on any atom is 0.307 e. The number of hydrogen-bond donors (Lipinski definition) is 1. The molecule has 3 nitrogen and oxygen atoms in total. The van der Waals surface area contributed by atoms with E-state index in [4.69, 9.17) is 0 Å². The van der Waals surface area contributed by atoms with Gasteiger partial charge in [-0.15, -0.1) is 0 Å². The standard InChI is InChI=1S/C16H25NO2/c1-11-9-13(16(3,4)5)10-12(2)15(11)17-8-7-14(18)19-6/h9-10,17H,7-8H2,1-6H3. The van der Waals surface area contributed by atoms with Gasteiger partial charge in [-0.05, 0) is 36.0 Å². The Hall–Kier alpha value is -1.51. The zero-order valence-corrected chi connectivity index (χ0v) is 12.9. The third kappa shape index (κ3) is 4.27. The first-order valence-corrected chi connectivity index (χ1v) is 6.68. The maximum absolute atomic E-state index is 11.1. The predicted octanol–water partition coefficient (Wildman–Crippen LogP) is 3.58. The molecule has 0 aromatic heterocycles. The second kappa shape index (κ2) is 6.09. The molecule has 0 amide bonds. The molecule has 1 N–H and O–H groups in total. The number of nitrogens with one attached hydrogen (secondary N) is 1. The van der Waals surface area contributed by atoms with E-state index in [1.807, 2.05) is 0 Å². The average molecular weight is 263 g/mol. The van der Waals surface area contributed by atoms with Gasteiger partial charge >= 0.3 is 5.97 Å². The lowest BCUT2D eigenvalue weighted by Crippen LogP contribution is -2.14. The number of aryl methyl sites for hydroxylation is 2. The summed E-state index contributed by atoms with van der Waals surface area (Å²) >= 11 is 0. The molecule has 3 heteroatoms. The van der Waals surface area contributed by atoms with Gasteiger partial charge in [-0.3, -0.25) is 4.79 Å². The van der Waals surface area contributed by atoms with E-state index in [1.165, 1.54) is 23.8 Å². The Labute approximate surface area is 116 Å². The summed E-state index contributed by atoms with van der Waals surface area (Å²) in [6.45, 7) is 11.4. The molecule has 1 aromatic rings. The molecule has 106 valence electrons. The van der Waals surface area contributed by atoms with Crippen LogP contribution in [0, 0.1) is 13.8 Å². The van der Waals surface area contributed by atoms with Crippen molar-refractivity contribution in [2.24, 2.45) is 0 Å². The van der Waals surface area contributed by atoms with Crippen LogP contribution >= 0.6 is 0 Å². The molecule has 0 aliphatic heterocycles. The van der Waals surface area contributed by atoms with Gasteiger partial charge in [0.05, 0.1) is 13.5 Å². The van der Waals surface area contributed by atoms with Gasteiger partial charge in [0.15, 0.2) is 0 Å². The number of carbonyl (C=O) groups is 1. The topological polar surface area (TPSA) is 38.3 Å². The Morgan fingerprint density at radius 1 is 1.21 bits per heavy atom. The van der Waals surface area contributed by atoms with Crippen molar-refractivity contribution in [2.45, 2.75) is 46.5 Å². The molecule has 0 bridgehead atoms. The Balaban J connectivity index is 2.83. The molecule has 0 radical (unpaired) electrons. The Bertz CT molecular complexity index is 435. The normalized spacial score (nSPS) is 11.3. The third-order valence-electron chi connectivity index (χ3n) is 3.26. The van der Waals surface area contributed by atoms with E-state index >= 15 is 0 Å². The second-order valence-corrected chi connectivity index (χ2v) is 5.99. The smallest absolute Gasteiger partial charge is 0.307 e. The van der Waals surface area contributed by atoms with E-state index in [9.17, 15) is 4.79 Å². The molecule has 0 saturated carbocycles. The van der Waals surface area contributed by atoms with Crippen LogP contribution in [-0.2, 0) is 14.9 Å². The lowest BCUT2D eigenvalue weighted by Gasteiger charge is -2.22. The Morgan fingerprint density at radius 2 is 1.74 bits per heavy atom. The van der Waals surface area contributed by atoms with E-state index in [0.29, 0.717) is 13.0 Å². The van der Waals surface area contributed by atoms with Gasteiger partial charge in [0, 0.05) is 12.2 Å². The largest absolute Gasteiger partial charge is 0.469 e. The van der Waals surface area contributed by atoms with Gasteiger partial charge in [0.2, 0.25) is 0 Å². The lowest BCUT2D eigenvalue weighted by molar-refractivity contribution is -0.140. The van der Waals surface area contributed by atoms with Gasteiger partial charge in [0.1, 0.15) is 0 Å². The number of ether oxygens (including phenoxy) is 1. The van der Waals surface area contributed by atoms with Gasteiger partial charge in [0.25, 0.3) is 0 Å². The van der Waals surface area contributed by atoms with E-state index in [1.54, 1.807) is 0 Å². The van der Waals surface area contributed by atoms with Crippen LogP contribution in [0.15, 0.2) is 12.1 Å². The number of hydrogen-bond acceptors (Lipinski definition) is 3. The van der Waals surface area contributed by atoms with Crippen molar-refractivity contribution in [3.8, 4) is 0 Å². The van der Waals surface area contributed by atoms with Crippen molar-refractivity contribution in [3.05, 3.63) is 28.8 Å². The maximum atomic E-state index is 11.1. The van der Waals surface area contributed by atoms with Crippen molar-refractivity contribution in [1.82, 2.24) is 0 Å². The van der Waals surface area contributed by atoms with Crippen molar-refractivity contribution in [1.29, 1.82) is 0 Å². The van der Waals surface area contributed by atoms with E-state index in [2.05, 4.69) is 56.8 Å². The molecule has 0 aliphatic carbocycles. The average Bonchev–Trinajstić information content (AvgIpc) is 2.30. The van der Waals surface area contributed by atoms with Crippen molar-refractivity contribution in [3.63, 3.8) is 0 Å². The van der Waals surface area contributed by atoms with Crippen LogP contribution in [0.25, 0.3) is 0 Å². The first-order chi connectivity index (χ1) is 8.75. The zero-order chi connectivity index (χ0) is 14.6. The number of esters is 1. The van der Waals surface area contributed by atoms with Gasteiger partial charge in [-0.2, -0.15) is 0 Å². The molecule has 1 rings (SSSR count). The van der Waals surface area contributed by atoms with Crippen molar-refractivity contribution >= 4 is 11.7 Å². The Morgan fingerprint density at radius 3 is 2.16 bits per heavy atom.